The normalized spacial score (nSPS) is 19.9. The van der Waals surface area contributed by atoms with Crippen molar-refractivity contribution in [3.05, 3.63) is 71.6 Å². The van der Waals surface area contributed by atoms with Gasteiger partial charge in [0.25, 0.3) is 11.8 Å². The summed E-state index contributed by atoms with van der Waals surface area (Å²) in [5, 5.41) is 1.60. The molecular formula is C28H29B4FN6O3. The summed E-state index contributed by atoms with van der Waals surface area (Å²) in [6, 6.07) is 8.35. The van der Waals surface area contributed by atoms with Gasteiger partial charge in [0.1, 0.15) is 42.8 Å². The predicted octanol–water partition coefficient (Wildman–Crippen LogP) is -0.787. The second kappa shape index (κ2) is 9.14. The van der Waals surface area contributed by atoms with Crippen molar-refractivity contribution in [2.45, 2.75) is 36.5 Å². The molecule has 0 spiro atoms. The van der Waals surface area contributed by atoms with Crippen LogP contribution in [0.5, 0.6) is 0 Å². The second-order valence-electron chi connectivity index (χ2n) is 12.5. The van der Waals surface area contributed by atoms with E-state index < -0.39 is 28.3 Å². The highest BCUT2D eigenvalue weighted by Crippen LogP contribution is 2.43. The van der Waals surface area contributed by atoms with Crippen molar-refractivity contribution in [3.63, 3.8) is 0 Å². The van der Waals surface area contributed by atoms with E-state index in [4.69, 9.17) is 0 Å². The Bertz CT molecular complexity index is 1870. The van der Waals surface area contributed by atoms with Gasteiger partial charge >= 0.3 is 6.03 Å². The molecule has 42 heavy (non-hydrogen) atoms. The molecule has 0 bridgehead atoms. The van der Waals surface area contributed by atoms with E-state index in [0.29, 0.717) is 40.9 Å². The molecule has 3 aliphatic heterocycles. The first kappa shape index (κ1) is 26.7. The quantitative estimate of drug-likeness (QED) is 0.258. The molecule has 4 amide bonds. The summed E-state index contributed by atoms with van der Waals surface area (Å²) in [7, 11) is 8.20. The van der Waals surface area contributed by atoms with Crippen molar-refractivity contribution in [3.8, 4) is 0 Å². The van der Waals surface area contributed by atoms with Crippen LogP contribution >= 0.6 is 0 Å². The lowest BCUT2D eigenvalue weighted by Crippen LogP contribution is -2.68. The number of hydrogen-bond donors (Lipinski definition) is 1. The molecule has 1 saturated heterocycles. The molecule has 7 rings (SSSR count). The van der Waals surface area contributed by atoms with Crippen molar-refractivity contribution in [1.82, 2.24) is 29.1 Å². The van der Waals surface area contributed by atoms with Gasteiger partial charge in [-0.15, -0.1) is 0 Å². The summed E-state index contributed by atoms with van der Waals surface area (Å²) in [5.41, 5.74) is 3.36. The summed E-state index contributed by atoms with van der Waals surface area (Å²) < 4.78 is 19.2. The Morgan fingerprint density at radius 1 is 0.976 bits per heavy atom. The van der Waals surface area contributed by atoms with Gasteiger partial charge in [0.05, 0.1) is 28.6 Å². The second-order valence-corrected chi connectivity index (χ2v) is 12.5. The maximum absolute atomic E-state index is 15.4. The van der Waals surface area contributed by atoms with Crippen molar-refractivity contribution in [2.75, 3.05) is 13.1 Å². The van der Waals surface area contributed by atoms with Crippen molar-refractivity contribution >= 4 is 76.9 Å². The van der Waals surface area contributed by atoms with Gasteiger partial charge in [-0.1, -0.05) is 6.07 Å². The first-order valence-corrected chi connectivity index (χ1v) is 14.4. The molecule has 0 atom stereocenters. The third kappa shape index (κ3) is 3.66. The van der Waals surface area contributed by atoms with Crippen LogP contribution in [0.3, 0.4) is 0 Å². The summed E-state index contributed by atoms with van der Waals surface area (Å²) in [4.78, 5) is 48.9. The molecule has 3 aliphatic rings. The maximum atomic E-state index is 15.4. The van der Waals surface area contributed by atoms with E-state index >= 15 is 4.39 Å². The molecule has 1 N–H and O–H groups in total. The van der Waals surface area contributed by atoms with Crippen LogP contribution in [0.15, 0.2) is 48.9 Å². The lowest BCUT2D eigenvalue weighted by molar-refractivity contribution is -0.122. The smallest absolute Gasteiger partial charge is 0.319 e. The summed E-state index contributed by atoms with van der Waals surface area (Å²) >= 11 is 0. The number of likely N-dealkylation sites (tertiary alicyclic amines) is 1. The van der Waals surface area contributed by atoms with Crippen molar-refractivity contribution < 1.29 is 18.8 Å². The van der Waals surface area contributed by atoms with Gasteiger partial charge in [-0.25, -0.2) is 14.2 Å². The number of halogens is 1. The highest BCUT2D eigenvalue weighted by Gasteiger charge is 2.49. The Kier molecular flexibility index (Phi) is 5.81. The summed E-state index contributed by atoms with van der Waals surface area (Å²) in [6.45, 7) is 1.64. The number of aromatic nitrogens is 3. The van der Waals surface area contributed by atoms with Crippen molar-refractivity contribution in [1.29, 1.82) is 0 Å². The number of carbonyl (C=O) groups is 3. The van der Waals surface area contributed by atoms with E-state index in [1.165, 1.54) is 12.1 Å². The molecule has 0 unspecified atom stereocenters. The van der Waals surface area contributed by atoms with Gasteiger partial charge in [0.15, 0.2) is 0 Å². The number of imide groups is 1. The van der Waals surface area contributed by atoms with Crippen LogP contribution in [-0.4, -0.2) is 91.4 Å². The van der Waals surface area contributed by atoms with E-state index in [-0.39, 0.29) is 23.7 Å². The number of rotatable bonds is 2. The van der Waals surface area contributed by atoms with Crippen LogP contribution in [0, 0.1) is 5.82 Å². The molecule has 0 radical (unpaired) electrons. The number of benzene rings is 1. The van der Waals surface area contributed by atoms with E-state index in [9.17, 15) is 14.4 Å². The highest BCUT2D eigenvalue weighted by molar-refractivity contribution is 6.54. The van der Waals surface area contributed by atoms with E-state index in [1.807, 2.05) is 49.9 Å². The van der Waals surface area contributed by atoms with Crippen LogP contribution in [0.4, 0.5) is 9.18 Å². The van der Waals surface area contributed by atoms with E-state index in [0.717, 1.165) is 24.8 Å². The number of nitrogens with zero attached hydrogens (tertiary/aromatic N) is 5. The minimum absolute atomic E-state index is 0.0467. The van der Waals surface area contributed by atoms with Gasteiger partial charge < -0.3 is 14.4 Å². The van der Waals surface area contributed by atoms with Gasteiger partial charge in [0.2, 0.25) is 0 Å². The summed E-state index contributed by atoms with van der Waals surface area (Å²) in [6.07, 6.45) is 8.27. The lowest BCUT2D eigenvalue weighted by Gasteiger charge is -2.51. The first-order chi connectivity index (χ1) is 20.0. The number of imidazole rings is 1. The van der Waals surface area contributed by atoms with Crippen molar-refractivity contribution in [2.24, 2.45) is 0 Å². The van der Waals surface area contributed by atoms with Crippen LogP contribution in [0.2, 0.25) is 0 Å². The number of fused-ring (bicyclic) bond motifs is 1. The number of hydrogen-bond acceptors (Lipinski definition) is 4. The topological polar surface area (TPSA) is 92.0 Å². The third-order valence-corrected chi connectivity index (χ3v) is 9.78. The fraction of sp³-hybridized carbons (Fsp3) is 0.286. The van der Waals surface area contributed by atoms with Gasteiger partial charge in [-0.05, 0) is 59.8 Å². The minimum atomic E-state index is -0.702. The molecule has 4 aromatic rings. The van der Waals surface area contributed by atoms with Crippen LogP contribution in [-0.2, 0) is 21.5 Å². The molecule has 6 heterocycles. The number of pyridine rings is 1. The molecule has 208 valence electrons. The molecular weight excluding hydrogens is 531 g/mol. The minimum Gasteiger partial charge on any atom is -0.356 e. The zero-order valence-electron chi connectivity index (χ0n) is 24.2. The average Bonchev–Trinajstić information content (AvgIpc) is 3.62. The average molecular weight is 560 g/mol. The Labute approximate surface area is 245 Å². The SMILES string of the molecule is BC1(B)N(C(=O)N2CCCCC2)Cc2cc(F)cc3c(C4=C(c5cnc6ccccn56)C(=O)NC4=O)cn(c23)C1(B)B. The van der Waals surface area contributed by atoms with Crippen LogP contribution in [0.25, 0.3) is 27.7 Å². The van der Waals surface area contributed by atoms with E-state index in [1.54, 1.807) is 16.8 Å². The Morgan fingerprint density at radius 3 is 2.48 bits per heavy atom. The third-order valence-electron chi connectivity index (χ3n) is 9.78. The number of nitrogens with one attached hydrogen (secondary N) is 1. The zero-order valence-corrected chi connectivity index (χ0v) is 24.2. The lowest BCUT2D eigenvalue weighted by atomic mass is 9.37. The fourth-order valence-corrected chi connectivity index (χ4v) is 6.80. The predicted molar refractivity (Wildman–Crippen MR) is 168 cm³/mol. The zero-order chi connectivity index (χ0) is 29.6. The molecule has 9 nitrogen and oxygen atoms in total. The number of carbonyl (C=O) groups excluding carboxylic acids is 3. The number of amides is 4. The standard InChI is InChI=1S/C28H29B4FN6O3/c29-27(30)28(31,32)39(26(42)36-7-3-1-4-8-36)13-15-10-16(33)11-17-18(14-38(27)23(15)17)21-22(25(41)35-24(21)40)19-12-34-20-6-2-5-9-37(19)20/h2,5-6,9-12,14H,1,3-4,7-8,13,29-32H2,(H,35,40,41). The monoisotopic (exact) mass is 560 g/mol. The largest absolute Gasteiger partial charge is 0.356 e. The Balaban J connectivity index is 1.47. The first-order valence-electron chi connectivity index (χ1n) is 14.4. The molecule has 3 aromatic heterocycles. The van der Waals surface area contributed by atoms with Gasteiger partial charge in [-0.2, -0.15) is 0 Å². The number of piperidine rings is 1. The maximum Gasteiger partial charge on any atom is 0.319 e. The summed E-state index contributed by atoms with van der Waals surface area (Å²) in [5.74, 6) is -1.54. The highest BCUT2D eigenvalue weighted by atomic mass is 19.1. The van der Waals surface area contributed by atoms with Gasteiger partial charge in [-0.3, -0.25) is 19.3 Å². The van der Waals surface area contributed by atoms with E-state index in [2.05, 4.69) is 30.6 Å². The van der Waals surface area contributed by atoms with Crippen LogP contribution < -0.4 is 5.32 Å². The molecule has 1 fully saturated rings. The Hall–Kier alpha value is -4.21. The van der Waals surface area contributed by atoms with Crippen LogP contribution in [0.1, 0.15) is 36.1 Å². The Morgan fingerprint density at radius 2 is 1.71 bits per heavy atom. The molecule has 1 aromatic carbocycles. The number of urea groups is 1. The molecule has 0 aliphatic carbocycles. The molecule has 0 saturated carbocycles. The van der Waals surface area contributed by atoms with Gasteiger partial charge in [0, 0.05) is 43.0 Å². The molecule has 14 heteroatoms. The fourth-order valence-electron chi connectivity index (χ4n) is 6.80.